The molecule has 0 saturated carbocycles. The van der Waals surface area contributed by atoms with Crippen LogP contribution in [0.25, 0.3) is 0 Å². The van der Waals surface area contributed by atoms with E-state index in [4.69, 9.17) is 9.47 Å². The maximum Gasteiger partial charge on any atom is 0.264 e. The number of fused-ring (bicyclic) bond motifs is 1. The molecule has 14 nitrogen and oxygen atoms in total. The van der Waals surface area contributed by atoms with Crippen molar-refractivity contribution >= 4 is 39.2 Å². The fraction of sp³-hybridized carbons (Fsp3) is 0.542. The monoisotopic (exact) mass is 882 g/mol. The highest BCUT2D eigenvalue weighted by molar-refractivity contribution is 7.90. The number of hydrogen-bond donors (Lipinski definition) is 1. The number of likely N-dealkylation sites (tertiary alicyclic amines) is 2. The van der Waals surface area contributed by atoms with Gasteiger partial charge in [0.05, 0.1) is 48.2 Å². The Bertz CT molecular complexity index is 2260. The molecule has 5 aliphatic rings. The summed E-state index contributed by atoms with van der Waals surface area (Å²) in [5, 5.41) is 2.47. The molecule has 0 radical (unpaired) electrons. The number of anilines is 1. The minimum atomic E-state index is -3.61. The Morgan fingerprint density at radius 1 is 0.746 bits per heavy atom. The SMILES string of the molecule is CCOc1cc([C@@H](CS(C)(=O)=O)N2C(=O)c3cccc(N4CCN(CC5CCN(CCN6CCC(c7ccc(C8CCC(=O)NC8=O)cc7)CC6)CC5)CC4)c3C2=O)ccc1OC. The first-order valence-electron chi connectivity index (χ1n) is 22.7. The Hall–Kier alpha value is -4.83. The molecular weight excluding hydrogens is 821 g/mol. The van der Waals surface area contributed by atoms with Gasteiger partial charge >= 0.3 is 0 Å². The third-order valence-electron chi connectivity index (χ3n) is 13.9. The van der Waals surface area contributed by atoms with Crippen molar-refractivity contribution < 1.29 is 37.1 Å². The van der Waals surface area contributed by atoms with E-state index < -0.39 is 33.4 Å². The molecule has 338 valence electrons. The molecule has 2 atom stereocenters. The van der Waals surface area contributed by atoms with Crippen LogP contribution in [0.3, 0.4) is 0 Å². The first-order chi connectivity index (χ1) is 30.4. The molecule has 5 heterocycles. The number of piperidine rings is 3. The predicted octanol–water partition coefficient (Wildman–Crippen LogP) is 4.71. The van der Waals surface area contributed by atoms with Gasteiger partial charge in [-0.3, -0.25) is 34.3 Å². The number of amides is 4. The van der Waals surface area contributed by atoms with E-state index in [9.17, 15) is 27.6 Å². The summed E-state index contributed by atoms with van der Waals surface area (Å²) >= 11 is 0. The Balaban J connectivity index is 0.791. The molecule has 4 fully saturated rings. The van der Waals surface area contributed by atoms with Gasteiger partial charge in [-0.2, -0.15) is 0 Å². The maximum absolute atomic E-state index is 14.3. The number of carbonyl (C=O) groups is 4. The molecule has 5 aliphatic heterocycles. The van der Waals surface area contributed by atoms with Gasteiger partial charge in [-0.05, 0) is 118 Å². The largest absolute Gasteiger partial charge is 0.493 e. The van der Waals surface area contributed by atoms with Crippen molar-refractivity contribution in [1.29, 1.82) is 0 Å². The Kier molecular flexibility index (Phi) is 13.9. The van der Waals surface area contributed by atoms with Gasteiger partial charge in [0.1, 0.15) is 9.84 Å². The number of sulfone groups is 1. The lowest BCUT2D eigenvalue weighted by molar-refractivity contribution is -0.134. The molecule has 3 aromatic rings. The maximum atomic E-state index is 14.3. The number of ether oxygens (including phenoxy) is 2. The number of imide groups is 2. The van der Waals surface area contributed by atoms with Crippen molar-refractivity contribution in [3.8, 4) is 11.5 Å². The molecule has 8 rings (SSSR count). The lowest BCUT2D eigenvalue weighted by Crippen LogP contribution is -2.49. The van der Waals surface area contributed by atoms with Crippen LogP contribution in [0, 0.1) is 5.92 Å². The van der Waals surface area contributed by atoms with Gasteiger partial charge in [-0.25, -0.2) is 8.42 Å². The molecule has 0 bridgehead atoms. The fourth-order valence-electron chi connectivity index (χ4n) is 10.3. The van der Waals surface area contributed by atoms with Crippen molar-refractivity contribution in [3.05, 3.63) is 88.5 Å². The van der Waals surface area contributed by atoms with E-state index in [2.05, 4.69) is 49.2 Å². The van der Waals surface area contributed by atoms with Crippen molar-refractivity contribution in [2.75, 3.05) is 103 Å². The lowest BCUT2D eigenvalue weighted by atomic mass is 9.86. The van der Waals surface area contributed by atoms with Gasteiger partial charge in [0.25, 0.3) is 11.8 Å². The average molecular weight is 883 g/mol. The topological polar surface area (TPSA) is 149 Å². The number of carbonyl (C=O) groups excluding carboxylic acids is 4. The van der Waals surface area contributed by atoms with E-state index in [0.717, 1.165) is 102 Å². The van der Waals surface area contributed by atoms with Crippen molar-refractivity contribution in [2.24, 2.45) is 5.92 Å². The molecular formula is C48H62N6O8S. The minimum Gasteiger partial charge on any atom is -0.493 e. The van der Waals surface area contributed by atoms with Gasteiger partial charge in [-0.1, -0.05) is 36.4 Å². The van der Waals surface area contributed by atoms with Crippen molar-refractivity contribution in [2.45, 2.75) is 63.3 Å². The van der Waals surface area contributed by atoms with Gasteiger partial charge in [0.2, 0.25) is 11.8 Å². The number of piperazine rings is 1. The number of nitrogens with one attached hydrogen (secondary N) is 1. The molecule has 63 heavy (non-hydrogen) atoms. The highest BCUT2D eigenvalue weighted by Gasteiger charge is 2.44. The molecule has 1 N–H and O–H groups in total. The first-order valence-corrected chi connectivity index (χ1v) is 24.8. The molecule has 4 saturated heterocycles. The summed E-state index contributed by atoms with van der Waals surface area (Å²) in [6.07, 6.45) is 6.74. The highest BCUT2D eigenvalue weighted by Crippen LogP contribution is 2.40. The summed E-state index contributed by atoms with van der Waals surface area (Å²) in [5.74, 6) is 0.0695. The van der Waals surface area contributed by atoms with E-state index in [-0.39, 0.29) is 17.7 Å². The molecule has 15 heteroatoms. The van der Waals surface area contributed by atoms with Crippen LogP contribution in [-0.4, -0.2) is 149 Å². The normalized spacial score (nSPS) is 21.7. The highest BCUT2D eigenvalue weighted by atomic mass is 32.2. The summed E-state index contributed by atoms with van der Waals surface area (Å²) < 4.78 is 36.7. The summed E-state index contributed by atoms with van der Waals surface area (Å²) in [7, 11) is -2.09. The van der Waals surface area contributed by atoms with Crippen LogP contribution in [0.15, 0.2) is 60.7 Å². The number of rotatable bonds is 15. The Labute approximate surface area is 371 Å². The molecule has 1 unspecified atom stereocenters. The second-order valence-electron chi connectivity index (χ2n) is 18.0. The minimum absolute atomic E-state index is 0.178. The van der Waals surface area contributed by atoms with Gasteiger partial charge < -0.3 is 24.2 Å². The standard InChI is InChI=1S/C48H62N6O8S/c1-4-62-43-30-37(12-14-42(43)61-2)41(32-63(3,59)60)54-47(57)39-6-5-7-40(45(39)48(54)58)53-28-26-52(27-29-53)31-33-16-20-50(21-17-33)24-25-51-22-18-35(19-23-51)34-8-10-36(11-9-34)38-13-15-44(55)49-46(38)56/h5-12,14,30,33,35,38,41H,4,13,15-29,31-32H2,1-3H3,(H,49,55,56)/t38?,41-/m1/s1. The van der Waals surface area contributed by atoms with Gasteiger partial charge in [-0.15, -0.1) is 0 Å². The first kappa shape index (κ1) is 44.8. The molecule has 4 amide bonds. The molecule has 3 aromatic carbocycles. The summed E-state index contributed by atoms with van der Waals surface area (Å²) in [6, 6.07) is 17.9. The third kappa shape index (κ3) is 10.3. The Morgan fingerprint density at radius 3 is 2.05 bits per heavy atom. The predicted molar refractivity (Wildman–Crippen MR) is 241 cm³/mol. The lowest BCUT2D eigenvalue weighted by Gasteiger charge is -2.40. The molecule has 0 aliphatic carbocycles. The average Bonchev–Trinajstić information content (AvgIpc) is 3.54. The van der Waals surface area contributed by atoms with E-state index in [0.29, 0.717) is 65.2 Å². The molecule has 0 aromatic heterocycles. The van der Waals surface area contributed by atoms with Crippen LogP contribution in [0.2, 0.25) is 0 Å². The number of benzene rings is 3. The van der Waals surface area contributed by atoms with E-state index in [1.807, 2.05) is 19.1 Å². The van der Waals surface area contributed by atoms with E-state index in [1.54, 1.807) is 24.3 Å². The second kappa shape index (κ2) is 19.5. The van der Waals surface area contributed by atoms with Gasteiger partial charge in [0, 0.05) is 58.5 Å². The van der Waals surface area contributed by atoms with Crippen LogP contribution in [0.5, 0.6) is 11.5 Å². The van der Waals surface area contributed by atoms with Gasteiger partial charge in [0.15, 0.2) is 11.5 Å². The smallest absolute Gasteiger partial charge is 0.264 e. The summed E-state index contributed by atoms with van der Waals surface area (Å²) in [4.78, 5) is 63.3. The number of hydrogen-bond acceptors (Lipinski definition) is 12. The molecule has 0 spiro atoms. The zero-order valence-electron chi connectivity index (χ0n) is 36.9. The van der Waals surface area contributed by atoms with E-state index >= 15 is 0 Å². The van der Waals surface area contributed by atoms with Crippen LogP contribution >= 0.6 is 0 Å². The third-order valence-corrected chi connectivity index (χ3v) is 14.8. The zero-order valence-corrected chi connectivity index (χ0v) is 37.7. The van der Waals surface area contributed by atoms with Crippen molar-refractivity contribution in [3.63, 3.8) is 0 Å². The van der Waals surface area contributed by atoms with Crippen LogP contribution in [0.4, 0.5) is 5.69 Å². The number of nitrogens with zero attached hydrogens (tertiary/aromatic N) is 5. The summed E-state index contributed by atoms with van der Waals surface area (Å²) in [5.41, 5.74) is 4.16. The second-order valence-corrected chi connectivity index (χ2v) is 20.2. The fourth-order valence-corrected chi connectivity index (χ4v) is 11.2. The number of methoxy groups -OCH3 is 1. The quantitative estimate of drug-likeness (QED) is 0.211. The van der Waals surface area contributed by atoms with Crippen molar-refractivity contribution in [1.82, 2.24) is 24.9 Å². The zero-order chi connectivity index (χ0) is 44.3. The van der Waals surface area contributed by atoms with Crippen LogP contribution in [0.1, 0.15) is 101 Å². The summed E-state index contributed by atoms with van der Waals surface area (Å²) in [6.45, 7) is 13.0. The van der Waals surface area contributed by atoms with E-state index in [1.165, 1.54) is 25.5 Å². The van der Waals surface area contributed by atoms with Crippen LogP contribution < -0.4 is 19.7 Å². The van der Waals surface area contributed by atoms with Crippen LogP contribution in [-0.2, 0) is 19.4 Å². The Morgan fingerprint density at radius 2 is 1.41 bits per heavy atom.